The van der Waals surface area contributed by atoms with E-state index in [4.69, 9.17) is 4.74 Å². The van der Waals surface area contributed by atoms with Crippen molar-refractivity contribution in [1.29, 1.82) is 0 Å². The molecule has 1 aliphatic rings. The second-order valence-corrected chi connectivity index (χ2v) is 5.05. The maximum Gasteiger partial charge on any atom is 0.256 e. The Morgan fingerprint density at radius 3 is 2.90 bits per heavy atom. The zero-order valence-electron chi connectivity index (χ0n) is 10.5. The van der Waals surface area contributed by atoms with Crippen LogP contribution < -0.4 is 10.1 Å². The Morgan fingerprint density at radius 2 is 2.15 bits per heavy atom. The minimum atomic E-state index is -0.412. The number of fused-ring (bicyclic) bond motifs is 1. The predicted molar refractivity (Wildman–Crippen MR) is 77.9 cm³/mol. The summed E-state index contributed by atoms with van der Waals surface area (Å²) in [4.78, 5) is 15.0. The third-order valence-electron chi connectivity index (χ3n) is 3.10. The van der Waals surface area contributed by atoms with Crippen LogP contribution in [0.2, 0.25) is 0 Å². The number of methoxy groups -OCH3 is 1. The van der Waals surface area contributed by atoms with Crippen molar-refractivity contribution in [2.45, 2.75) is 0 Å². The van der Waals surface area contributed by atoms with Gasteiger partial charge in [0.2, 0.25) is 0 Å². The van der Waals surface area contributed by atoms with Gasteiger partial charge in [-0.2, -0.15) is 0 Å². The predicted octanol–water partition coefficient (Wildman–Crippen LogP) is 3.42. The highest BCUT2D eigenvalue weighted by molar-refractivity contribution is 9.10. The summed E-state index contributed by atoms with van der Waals surface area (Å²) in [6.45, 7) is 0. The first-order valence-electron chi connectivity index (χ1n) is 5.84. The quantitative estimate of drug-likeness (QED) is 0.825. The van der Waals surface area contributed by atoms with Crippen molar-refractivity contribution < 1.29 is 13.9 Å². The molecule has 2 N–H and O–H groups in total. The highest BCUT2D eigenvalue weighted by atomic mass is 79.9. The number of aromatic nitrogens is 1. The molecule has 1 aromatic carbocycles. The van der Waals surface area contributed by atoms with Gasteiger partial charge in [-0.25, -0.2) is 4.39 Å². The van der Waals surface area contributed by atoms with Gasteiger partial charge in [-0.15, -0.1) is 0 Å². The number of nitrogens with one attached hydrogen (secondary N) is 2. The highest BCUT2D eigenvalue weighted by Gasteiger charge is 2.28. The number of carbonyl (C=O) groups is 1. The number of H-pyrrole nitrogens is 1. The SMILES string of the molecule is COc1cc[nH]c1/C=C1\C(=O)Nc2ccc(F)c(Br)c21. The molecule has 2 heterocycles. The second kappa shape index (κ2) is 4.79. The second-order valence-electron chi connectivity index (χ2n) is 4.26. The Hall–Kier alpha value is -2.08. The van der Waals surface area contributed by atoms with Crippen molar-refractivity contribution in [3.05, 3.63) is 45.9 Å². The topological polar surface area (TPSA) is 54.1 Å². The van der Waals surface area contributed by atoms with E-state index < -0.39 is 5.82 Å². The van der Waals surface area contributed by atoms with Gasteiger partial charge >= 0.3 is 0 Å². The summed E-state index contributed by atoms with van der Waals surface area (Å²) in [5, 5.41) is 2.71. The van der Waals surface area contributed by atoms with Crippen LogP contribution in [0.3, 0.4) is 0 Å². The van der Waals surface area contributed by atoms with E-state index in [1.165, 1.54) is 6.07 Å². The fourth-order valence-corrected chi connectivity index (χ4v) is 2.72. The molecular formula is C14H10BrFN2O2. The molecular weight excluding hydrogens is 327 g/mol. The number of benzene rings is 1. The number of carbonyl (C=O) groups excluding carboxylic acids is 1. The summed E-state index contributed by atoms with van der Waals surface area (Å²) in [6.07, 6.45) is 3.35. The molecule has 1 aromatic heterocycles. The Morgan fingerprint density at radius 1 is 1.35 bits per heavy atom. The molecule has 6 heteroatoms. The Labute approximate surface area is 122 Å². The first-order chi connectivity index (χ1) is 9.61. The van der Waals surface area contributed by atoms with E-state index in [0.717, 1.165) is 0 Å². The summed E-state index contributed by atoms with van der Waals surface area (Å²) >= 11 is 3.19. The lowest BCUT2D eigenvalue weighted by Gasteiger charge is -2.03. The molecule has 4 nitrogen and oxygen atoms in total. The van der Waals surface area contributed by atoms with Crippen LogP contribution >= 0.6 is 15.9 Å². The van der Waals surface area contributed by atoms with Crippen molar-refractivity contribution in [3.63, 3.8) is 0 Å². The largest absolute Gasteiger partial charge is 0.495 e. The molecule has 1 amide bonds. The highest BCUT2D eigenvalue weighted by Crippen LogP contribution is 2.40. The van der Waals surface area contributed by atoms with Gasteiger partial charge in [0.1, 0.15) is 11.6 Å². The Bertz CT molecular complexity index is 737. The molecule has 0 unspecified atom stereocenters. The number of amides is 1. The normalized spacial score (nSPS) is 15.3. The smallest absolute Gasteiger partial charge is 0.256 e. The summed E-state index contributed by atoms with van der Waals surface area (Å²) in [5.41, 5.74) is 2.14. The van der Waals surface area contributed by atoms with Crippen LogP contribution in [0.15, 0.2) is 28.9 Å². The van der Waals surface area contributed by atoms with Gasteiger partial charge in [-0.1, -0.05) is 0 Å². The van der Waals surface area contributed by atoms with Crippen LogP contribution in [0, 0.1) is 5.82 Å². The van der Waals surface area contributed by atoms with E-state index in [0.29, 0.717) is 28.3 Å². The summed E-state index contributed by atoms with van der Waals surface area (Å²) < 4.78 is 19.1. The summed E-state index contributed by atoms with van der Waals surface area (Å²) in [7, 11) is 1.55. The number of hydrogen-bond acceptors (Lipinski definition) is 2. The number of rotatable bonds is 2. The van der Waals surface area contributed by atoms with Crippen molar-refractivity contribution in [1.82, 2.24) is 4.98 Å². The summed E-state index contributed by atoms with van der Waals surface area (Å²) in [5.74, 6) is -0.0705. The molecule has 0 bridgehead atoms. The van der Waals surface area contributed by atoms with Crippen LogP contribution in [0.4, 0.5) is 10.1 Å². The molecule has 2 aromatic rings. The molecule has 0 spiro atoms. The number of halogens is 2. The fraction of sp³-hybridized carbons (Fsp3) is 0.0714. The summed E-state index contributed by atoms with van der Waals surface area (Å²) in [6, 6.07) is 4.60. The van der Waals surface area contributed by atoms with E-state index >= 15 is 0 Å². The minimum Gasteiger partial charge on any atom is -0.495 e. The first kappa shape index (κ1) is 12.9. The number of aromatic amines is 1. The maximum atomic E-state index is 13.7. The van der Waals surface area contributed by atoms with Gasteiger partial charge in [0.05, 0.1) is 28.5 Å². The average molecular weight is 337 g/mol. The van der Waals surface area contributed by atoms with Crippen LogP contribution in [0.1, 0.15) is 11.3 Å². The van der Waals surface area contributed by atoms with Crippen molar-refractivity contribution in [3.8, 4) is 5.75 Å². The minimum absolute atomic E-state index is 0.269. The standard InChI is InChI=1S/C14H10BrFN2O2/c1-20-11-4-5-17-10(11)6-7-12-9(18-14(7)19)3-2-8(16)13(12)15/h2-6,17H,1H3,(H,18,19)/b7-6-. The fourth-order valence-electron chi connectivity index (χ4n) is 2.16. The van der Waals surface area contributed by atoms with Gasteiger partial charge < -0.3 is 15.0 Å². The monoisotopic (exact) mass is 336 g/mol. The maximum absolute atomic E-state index is 13.7. The van der Waals surface area contributed by atoms with Gasteiger partial charge in [0.25, 0.3) is 5.91 Å². The molecule has 0 saturated heterocycles. The molecule has 0 saturated carbocycles. The molecule has 0 atom stereocenters. The molecule has 102 valence electrons. The Balaban J connectivity index is 2.17. The molecule has 20 heavy (non-hydrogen) atoms. The number of anilines is 1. The molecule has 0 radical (unpaired) electrons. The van der Waals surface area contributed by atoms with Crippen molar-refractivity contribution in [2.75, 3.05) is 12.4 Å². The third-order valence-corrected chi connectivity index (χ3v) is 3.88. The zero-order chi connectivity index (χ0) is 14.3. The van der Waals surface area contributed by atoms with Gasteiger partial charge in [0.15, 0.2) is 0 Å². The van der Waals surface area contributed by atoms with Crippen molar-refractivity contribution >= 4 is 39.2 Å². The lowest BCUT2D eigenvalue weighted by atomic mass is 10.1. The van der Waals surface area contributed by atoms with Crippen molar-refractivity contribution in [2.24, 2.45) is 0 Å². The van der Waals surface area contributed by atoms with E-state index in [1.807, 2.05) is 0 Å². The first-order valence-corrected chi connectivity index (χ1v) is 6.64. The number of ether oxygens (including phenoxy) is 1. The number of hydrogen-bond donors (Lipinski definition) is 2. The molecule has 1 aliphatic heterocycles. The van der Waals surface area contributed by atoms with Crippen LogP contribution in [0.5, 0.6) is 5.75 Å². The Kier molecular flexibility index (Phi) is 3.10. The van der Waals surface area contributed by atoms with E-state index in [-0.39, 0.29) is 10.4 Å². The molecule has 0 aliphatic carbocycles. The van der Waals surface area contributed by atoms with E-state index in [2.05, 4.69) is 26.2 Å². The average Bonchev–Trinajstić information content (AvgIpc) is 3.00. The lowest BCUT2D eigenvalue weighted by molar-refractivity contribution is -0.110. The van der Waals surface area contributed by atoms with Crippen LogP contribution in [0.25, 0.3) is 11.6 Å². The molecule has 3 rings (SSSR count). The van der Waals surface area contributed by atoms with Crippen LogP contribution in [-0.4, -0.2) is 18.0 Å². The zero-order valence-corrected chi connectivity index (χ0v) is 12.0. The van der Waals surface area contributed by atoms with Gasteiger partial charge in [-0.3, -0.25) is 4.79 Å². The lowest BCUT2D eigenvalue weighted by Crippen LogP contribution is -2.03. The van der Waals surface area contributed by atoms with Gasteiger partial charge in [0, 0.05) is 11.8 Å². The van der Waals surface area contributed by atoms with E-state index in [9.17, 15) is 9.18 Å². The van der Waals surface area contributed by atoms with E-state index in [1.54, 1.807) is 31.5 Å². The van der Waals surface area contributed by atoms with Crippen LogP contribution in [-0.2, 0) is 4.79 Å². The van der Waals surface area contributed by atoms with Gasteiger partial charge in [-0.05, 0) is 40.2 Å². The third kappa shape index (κ3) is 1.92. The molecule has 0 fully saturated rings.